The van der Waals surface area contributed by atoms with E-state index in [0.29, 0.717) is 23.0 Å². The highest BCUT2D eigenvalue weighted by Gasteiger charge is 2.18. The summed E-state index contributed by atoms with van der Waals surface area (Å²) in [7, 11) is 0. The number of ether oxygens (including phenoxy) is 2. The lowest BCUT2D eigenvalue weighted by atomic mass is 10.0. The van der Waals surface area contributed by atoms with Crippen LogP contribution in [0.25, 0.3) is 16.9 Å². The Bertz CT molecular complexity index is 1370. The fraction of sp³-hybridized carbons (Fsp3) is 0.296. The highest BCUT2D eigenvalue weighted by Crippen LogP contribution is 2.31. The SMILES string of the molecule is Cc1ccccc1Oc1cc(NCC2CCOCC2)c2ncc(-c3ccc(C(N)=O)c(C)c3)n2n1. The van der Waals surface area contributed by atoms with Crippen LogP contribution in [0, 0.1) is 19.8 Å². The minimum Gasteiger partial charge on any atom is -0.437 e. The van der Waals surface area contributed by atoms with E-state index in [0.717, 1.165) is 66.4 Å². The Morgan fingerprint density at radius 1 is 1.14 bits per heavy atom. The van der Waals surface area contributed by atoms with Gasteiger partial charge in [-0.15, -0.1) is 5.10 Å². The number of nitrogens with zero attached hydrogens (tertiary/aromatic N) is 3. The van der Waals surface area contributed by atoms with Crippen molar-refractivity contribution in [2.45, 2.75) is 26.7 Å². The van der Waals surface area contributed by atoms with Crippen molar-refractivity contribution in [3.8, 4) is 22.9 Å². The molecule has 0 atom stereocenters. The second-order valence-electron chi connectivity index (χ2n) is 8.97. The van der Waals surface area contributed by atoms with Crippen molar-refractivity contribution in [2.75, 3.05) is 25.1 Å². The number of aryl methyl sites for hydroxylation is 2. The molecule has 5 rings (SSSR count). The molecule has 0 radical (unpaired) electrons. The van der Waals surface area contributed by atoms with Crippen molar-refractivity contribution in [1.82, 2.24) is 14.6 Å². The van der Waals surface area contributed by atoms with Crippen LogP contribution < -0.4 is 15.8 Å². The van der Waals surface area contributed by atoms with Crippen molar-refractivity contribution in [2.24, 2.45) is 11.7 Å². The smallest absolute Gasteiger partial charge is 0.248 e. The number of benzene rings is 2. The first-order valence-electron chi connectivity index (χ1n) is 11.8. The zero-order chi connectivity index (χ0) is 24.4. The Kier molecular flexibility index (Phi) is 6.37. The molecule has 2 aromatic carbocycles. The number of amides is 1. The van der Waals surface area contributed by atoms with E-state index in [1.54, 1.807) is 16.8 Å². The first kappa shape index (κ1) is 22.9. The minimum absolute atomic E-state index is 0.446. The molecule has 2 aromatic heterocycles. The third kappa shape index (κ3) is 4.83. The molecule has 1 aliphatic heterocycles. The van der Waals surface area contributed by atoms with E-state index in [1.807, 2.05) is 56.3 Å². The van der Waals surface area contributed by atoms with Crippen LogP contribution in [0.1, 0.15) is 34.3 Å². The monoisotopic (exact) mass is 471 g/mol. The number of hydrogen-bond donors (Lipinski definition) is 2. The number of hydrogen-bond acceptors (Lipinski definition) is 6. The number of para-hydroxylation sites is 1. The van der Waals surface area contributed by atoms with E-state index in [1.165, 1.54) is 0 Å². The second kappa shape index (κ2) is 9.76. The molecule has 0 unspecified atom stereocenters. The second-order valence-corrected chi connectivity index (χ2v) is 8.97. The molecule has 3 N–H and O–H groups in total. The molecular weight excluding hydrogens is 442 g/mol. The molecule has 0 spiro atoms. The number of nitrogens with two attached hydrogens (primary N) is 1. The van der Waals surface area contributed by atoms with Gasteiger partial charge in [-0.25, -0.2) is 9.50 Å². The lowest BCUT2D eigenvalue weighted by Gasteiger charge is -2.23. The molecule has 1 saturated heterocycles. The Balaban J connectivity index is 1.55. The molecule has 8 nitrogen and oxygen atoms in total. The molecule has 1 fully saturated rings. The van der Waals surface area contributed by atoms with Crippen molar-refractivity contribution in [3.63, 3.8) is 0 Å². The first-order valence-corrected chi connectivity index (χ1v) is 11.8. The number of fused-ring (bicyclic) bond motifs is 1. The van der Waals surface area contributed by atoms with Gasteiger partial charge in [0, 0.05) is 37.0 Å². The molecule has 1 aliphatic rings. The molecule has 0 aliphatic carbocycles. The predicted octanol–water partition coefficient (Wildman–Crippen LogP) is 4.74. The fourth-order valence-electron chi connectivity index (χ4n) is 4.41. The third-order valence-corrected chi connectivity index (χ3v) is 6.46. The van der Waals surface area contributed by atoms with Gasteiger partial charge in [-0.1, -0.05) is 24.3 Å². The van der Waals surface area contributed by atoms with Crippen molar-refractivity contribution in [3.05, 3.63) is 71.4 Å². The van der Waals surface area contributed by atoms with Gasteiger partial charge in [0.15, 0.2) is 5.65 Å². The van der Waals surface area contributed by atoms with Gasteiger partial charge in [-0.2, -0.15) is 0 Å². The largest absolute Gasteiger partial charge is 0.437 e. The van der Waals surface area contributed by atoms with Crippen LogP contribution in [0.15, 0.2) is 54.7 Å². The maximum absolute atomic E-state index is 11.7. The molecule has 0 saturated carbocycles. The summed E-state index contributed by atoms with van der Waals surface area (Å²) in [6, 6.07) is 15.3. The normalized spacial score (nSPS) is 14.2. The maximum atomic E-state index is 11.7. The summed E-state index contributed by atoms with van der Waals surface area (Å²) >= 11 is 0. The van der Waals surface area contributed by atoms with Crippen LogP contribution >= 0.6 is 0 Å². The highest BCUT2D eigenvalue weighted by atomic mass is 16.5. The standard InChI is InChI=1S/C27H29N5O3/c1-17-5-3-4-6-24(17)35-25-14-22(29-15-19-9-11-34-12-10-19)27-30-16-23(32(27)31-25)20-7-8-21(26(28)33)18(2)13-20/h3-8,13-14,16,19,29H,9-12,15H2,1-2H3,(H2,28,33). The van der Waals surface area contributed by atoms with Crippen molar-refractivity contribution < 1.29 is 14.3 Å². The molecule has 4 aromatic rings. The third-order valence-electron chi connectivity index (χ3n) is 6.46. The first-order chi connectivity index (χ1) is 17.0. The van der Waals surface area contributed by atoms with Crippen LogP contribution in [-0.4, -0.2) is 40.3 Å². The Morgan fingerprint density at radius 3 is 2.69 bits per heavy atom. The van der Waals surface area contributed by atoms with Crippen LogP contribution in [0.3, 0.4) is 0 Å². The van der Waals surface area contributed by atoms with E-state index in [2.05, 4.69) is 10.3 Å². The number of rotatable bonds is 7. The van der Waals surface area contributed by atoms with Crippen LogP contribution in [0.5, 0.6) is 11.6 Å². The molecule has 3 heterocycles. The summed E-state index contributed by atoms with van der Waals surface area (Å²) in [5.41, 5.74) is 11.1. The lowest BCUT2D eigenvalue weighted by Crippen LogP contribution is -2.23. The topological polar surface area (TPSA) is 104 Å². The van der Waals surface area contributed by atoms with Crippen LogP contribution in [-0.2, 0) is 4.74 Å². The molecule has 180 valence electrons. The molecule has 8 heteroatoms. The van der Waals surface area contributed by atoms with Gasteiger partial charge in [0.25, 0.3) is 0 Å². The number of primary amides is 1. The molecule has 1 amide bonds. The Morgan fingerprint density at radius 2 is 1.94 bits per heavy atom. The average Bonchev–Trinajstić information content (AvgIpc) is 3.28. The van der Waals surface area contributed by atoms with Gasteiger partial charge in [-0.05, 0) is 61.9 Å². The van der Waals surface area contributed by atoms with E-state index in [9.17, 15) is 4.79 Å². The number of anilines is 1. The zero-order valence-corrected chi connectivity index (χ0v) is 20.0. The van der Waals surface area contributed by atoms with Gasteiger partial charge in [-0.3, -0.25) is 4.79 Å². The summed E-state index contributed by atoms with van der Waals surface area (Å²) in [5, 5.41) is 8.35. The van der Waals surface area contributed by atoms with Gasteiger partial charge in [0.2, 0.25) is 11.8 Å². The lowest BCUT2D eigenvalue weighted by molar-refractivity contribution is 0.0699. The van der Waals surface area contributed by atoms with Crippen molar-refractivity contribution in [1.29, 1.82) is 0 Å². The highest BCUT2D eigenvalue weighted by molar-refractivity contribution is 5.94. The predicted molar refractivity (Wildman–Crippen MR) is 135 cm³/mol. The van der Waals surface area contributed by atoms with E-state index < -0.39 is 5.91 Å². The van der Waals surface area contributed by atoms with E-state index >= 15 is 0 Å². The number of aromatic nitrogens is 3. The number of carbonyl (C=O) groups is 1. The Labute approximate surface area is 204 Å². The van der Waals surface area contributed by atoms with Gasteiger partial charge in [0.1, 0.15) is 5.75 Å². The van der Waals surface area contributed by atoms with Gasteiger partial charge >= 0.3 is 0 Å². The van der Waals surface area contributed by atoms with Gasteiger partial charge < -0.3 is 20.5 Å². The molecule has 0 bridgehead atoms. The minimum atomic E-state index is -0.446. The number of nitrogens with one attached hydrogen (secondary N) is 1. The molecular formula is C27H29N5O3. The van der Waals surface area contributed by atoms with Crippen LogP contribution in [0.4, 0.5) is 5.69 Å². The van der Waals surface area contributed by atoms with Crippen LogP contribution in [0.2, 0.25) is 0 Å². The zero-order valence-electron chi connectivity index (χ0n) is 20.0. The summed E-state index contributed by atoms with van der Waals surface area (Å²) in [5.74, 6) is 1.30. The van der Waals surface area contributed by atoms with Gasteiger partial charge in [0.05, 0.1) is 17.6 Å². The number of carbonyl (C=O) groups excluding carboxylic acids is 1. The molecule has 35 heavy (non-hydrogen) atoms. The average molecular weight is 472 g/mol. The van der Waals surface area contributed by atoms with E-state index in [4.69, 9.17) is 20.3 Å². The summed E-state index contributed by atoms with van der Waals surface area (Å²) in [6.07, 6.45) is 3.86. The summed E-state index contributed by atoms with van der Waals surface area (Å²) in [4.78, 5) is 16.4. The van der Waals surface area contributed by atoms with E-state index in [-0.39, 0.29) is 0 Å². The maximum Gasteiger partial charge on any atom is 0.248 e. The number of imidazole rings is 1. The van der Waals surface area contributed by atoms with Crippen molar-refractivity contribution >= 4 is 17.2 Å². The Hall–Kier alpha value is -3.91. The summed E-state index contributed by atoms with van der Waals surface area (Å²) < 4.78 is 13.5. The summed E-state index contributed by atoms with van der Waals surface area (Å²) in [6.45, 7) is 6.29. The fourth-order valence-corrected chi connectivity index (χ4v) is 4.41. The quantitative estimate of drug-likeness (QED) is 0.403.